The van der Waals surface area contributed by atoms with Gasteiger partial charge in [-0.3, -0.25) is 14.6 Å². The van der Waals surface area contributed by atoms with E-state index in [4.69, 9.17) is 10.8 Å². The van der Waals surface area contributed by atoms with Crippen LogP contribution in [-0.4, -0.2) is 45.4 Å². The number of carboxylic acids is 1. The summed E-state index contributed by atoms with van der Waals surface area (Å²) in [4.78, 5) is 39.8. The van der Waals surface area contributed by atoms with Crippen LogP contribution < -0.4 is 5.73 Å². The molecular weight excluding hydrogens is 274 g/mol. The molecule has 1 aliphatic heterocycles. The molecule has 1 aromatic rings. The van der Waals surface area contributed by atoms with E-state index in [1.165, 1.54) is 12.1 Å². The third-order valence-corrected chi connectivity index (χ3v) is 3.55. The number of rotatable bonds is 4. The highest BCUT2D eigenvalue weighted by Gasteiger charge is 2.29. The van der Waals surface area contributed by atoms with Gasteiger partial charge in [0.2, 0.25) is 5.91 Å². The molecule has 1 aliphatic rings. The molecule has 0 radical (unpaired) electrons. The standard InChI is InChI=1S/C14H17N3O4/c15-12(18)7-10-3-1-2-6-17(10)13(19)11-5-4-9(8-16-11)14(20)21/h4-5,8,10H,1-3,6-7H2,(H2,15,18)(H,20,21). The maximum absolute atomic E-state index is 12.4. The summed E-state index contributed by atoms with van der Waals surface area (Å²) in [5, 5.41) is 8.82. The highest BCUT2D eigenvalue weighted by atomic mass is 16.4. The highest BCUT2D eigenvalue weighted by molar-refractivity contribution is 5.94. The van der Waals surface area contributed by atoms with Crippen LogP contribution in [-0.2, 0) is 4.79 Å². The summed E-state index contributed by atoms with van der Waals surface area (Å²) < 4.78 is 0. The highest BCUT2D eigenvalue weighted by Crippen LogP contribution is 2.21. The molecule has 2 heterocycles. The van der Waals surface area contributed by atoms with Gasteiger partial charge in [0.05, 0.1) is 5.56 Å². The summed E-state index contributed by atoms with van der Waals surface area (Å²) in [6.07, 6.45) is 3.85. The largest absolute Gasteiger partial charge is 0.478 e. The van der Waals surface area contributed by atoms with Crippen LogP contribution in [0.1, 0.15) is 46.5 Å². The monoisotopic (exact) mass is 291 g/mol. The number of nitrogens with zero attached hydrogens (tertiary/aromatic N) is 2. The second-order valence-corrected chi connectivity index (χ2v) is 5.06. The number of hydrogen-bond acceptors (Lipinski definition) is 4. The summed E-state index contributed by atoms with van der Waals surface area (Å²) in [6, 6.07) is 2.53. The van der Waals surface area contributed by atoms with E-state index in [1.54, 1.807) is 4.90 Å². The second kappa shape index (κ2) is 6.34. The topological polar surface area (TPSA) is 114 Å². The fourth-order valence-electron chi connectivity index (χ4n) is 2.51. The Hall–Kier alpha value is -2.44. The van der Waals surface area contributed by atoms with Crippen molar-refractivity contribution in [1.82, 2.24) is 9.88 Å². The normalized spacial score (nSPS) is 18.3. The first-order valence-electron chi connectivity index (χ1n) is 6.77. The molecule has 1 fully saturated rings. The Morgan fingerprint density at radius 1 is 1.33 bits per heavy atom. The molecule has 112 valence electrons. The van der Waals surface area contributed by atoms with E-state index >= 15 is 0 Å². The Kier molecular flexibility index (Phi) is 4.52. The van der Waals surface area contributed by atoms with E-state index in [2.05, 4.69) is 4.98 Å². The Morgan fingerprint density at radius 3 is 2.67 bits per heavy atom. The van der Waals surface area contributed by atoms with Crippen molar-refractivity contribution in [2.75, 3.05) is 6.54 Å². The molecule has 1 aromatic heterocycles. The van der Waals surface area contributed by atoms with Gasteiger partial charge in [-0.2, -0.15) is 0 Å². The van der Waals surface area contributed by atoms with E-state index in [0.29, 0.717) is 6.54 Å². The van der Waals surface area contributed by atoms with Crippen molar-refractivity contribution >= 4 is 17.8 Å². The van der Waals surface area contributed by atoms with Gasteiger partial charge in [-0.05, 0) is 31.4 Å². The molecular formula is C14H17N3O4. The Morgan fingerprint density at radius 2 is 2.10 bits per heavy atom. The lowest BCUT2D eigenvalue weighted by molar-refractivity contribution is -0.119. The lowest BCUT2D eigenvalue weighted by Gasteiger charge is -2.35. The van der Waals surface area contributed by atoms with E-state index in [0.717, 1.165) is 25.5 Å². The number of carboxylic acid groups (broad SMARTS) is 1. The van der Waals surface area contributed by atoms with Crippen LogP contribution in [0.25, 0.3) is 0 Å². The lowest BCUT2D eigenvalue weighted by atomic mass is 9.98. The Bertz CT molecular complexity index is 556. The molecule has 0 bridgehead atoms. The van der Waals surface area contributed by atoms with Crippen molar-refractivity contribution in [3.05, 3.63) is 29.6 Å². The smallest absolute Gasteiger partial charge is 0.337 e. The minimum atomic E-state index is -1.09. The predicted molar refractivity (Wildman–Crippen MR) is 73.7 cm³/mol. The number of carbonyl (C=O) groups is 3. The van der Waals surface area contributed by atoms with Gasteiger partial charge in [-0.1, -0.05) is 0 Å². The quantitative estimate of drug-likeness (QED) is 0.845. The van der Waals surface area contributed by atoms with Crippen LogP contribution in [0.4, 0.5) is 0 Å². The van der Waals surface area contributed by atoms with Gasteiger partial charge in [0.25, 0.3) is 5.91 Å². The molecule has 2 rings (SSSR count). The number of aromatic nitrogens is 1. The molecule has 0 aliphatic carbocycles. The molecule has 7 nitrogen and oxygen atoms in total. The van der Waals surface area contributed by atoms with Crippen LogP contribution in [0.2, 0.25) is 0 Å². The summed E-state index contributed by atoms with van der Waals surface area (Å²) in [5.74, 6) is -1.82. The van der Waals surface area contributed by atoms with E-state index in [9.17, 15) is 14.4 Å². The van der Waals surface area contributed by atoms with Crippen molar-refractivity contribution in [3.8, 4) is 0 Å². The molecule has 3 N–H and O–H groups in total. The van der Waals surface area contributed by atoms with Gasteiger partial charge in [0.1, 0.15) is 5.69 Å². The number of piperidine rings is 1. The first-order chi connectivity index (χ1) is 9.99. The van der Waals surface area contributed by atoms with Crippen LogP contribution in [0.15, 0.2) is 18.3 Å². The van der Waals surface area contributed by atoms with E-state index in [1.807, 2.05) is 0 Å². The number of aromatic carboxylic acids is 1. The zero-order valence-electron chi connectivity index (χ0n) is 11.5. The van der Waals surface area contributed by atoms with Crippen molar-refractivity contribution in [2.45, 2.75) is 31.7 Å². The maximum atomic E-state index is 12.4. The predicted octanol–water partition coefficient (Wildman–Crippen LogP) is 0.650. The molecule has 1 saturated heterocycles. The van der Waals surface area contributed by atoms with Crippen molar-refractivity contribution in [2.24, 2.45) is 5.73 Å². The molecule has 0 saturated carbocycles. The Labute approximate surface area is 121 Å². The molecule has 7 heteroatoms. The number of pyridine rings is 1. The third kappa shape index (κ3) is 3.56. The molecule has 21 heavy (non-hydrogen) atoms. The fourth-order valence-corrected chi connectivity index (χ4v) is 2.51. The minimum Gasteiger partial charge on any atom is -0.478 e. The molecule has 0 aromatic carbocycles. The Balaban J connectivity index is 2.16. The van der Waals surface area contributed by atoms with E-state index < -0.39 is 11.9 Å². The number of hydrogen-bond donors (Lipinski definition) is 2. The maximum Gasteiger partial charge on any atom is 0.337 e. The van der Waals surface area contributed by atoms with Gasteiger partial charge in [-0.15, -0.1) is 0 Å². The summed E-state index contributed by atoms with van der Waals surface area (Å²) >= 11 is 0. The van der Waals surface area contributed by atoms with Crippen molar-refractivity contribution in [3.63, 3.8) is 0 Å². The van der Waals surface area contributed by atoms with Gasteiger partial charge in [0.15, 0.2) is 0 Å². The fraction of sp³-hybridized carbons (Fsp3) is 0.429. The van der Waals surface area contributed by atoms with Gasteiger partial charge in [0, 0.05) is 25.2 Å². The number of primary amides is 1. The van der Waals surface area contributed by atoms with Crippen LogP contribution in [0.5, 0.6) is 0 Å². The SMILES string of the molecule is NC(=O)CC1CCCCN1C(=O)c1ccc(C(=O)O)cn1. The first kappa shape index (κ1) is 15.0. The molecule has 0 spiro atoms. The summed E-state index contributed by atoms with van der Waals surface area (Å²) in [5.41, 5.74) is 5.42. The van der Waals surface area contributed by atoms with Crippen molar-refractivity contribution in [1.29, 1.82) is 0 Å². The van der Waals surface area contributed by atoms with Crippen molar-refractivity contribution < 1.29 is 19.5 Å². The van der Waals surface area contributed by atoms with Crippen LogP contribution in [0, 0.1) is 0 Å². The zero-order valence-corrected chi connectivity index (χ0v) is 11.5. The third-order valence-electron chi connectivity index (χ3n) is 3.55. The van der Waals surface area contributed by atoms with E-state index in [-0.39, 0.29) is 29.6 Å². The molecule has 2 amide bonds. The number of nitrogens with two attached hydrogens (primary N) is 1. The minimum absolute atomic E-state index is 0.0267. The number of amides is 2. The second-order valence-electron chi connectivity index (χ2n) is 5.06. The summed E-state index contributed by atoms with van der Waals surface area (Å²) in [6.45, 7) is 0.555. The van der Waals surface area contributed by atoms with Crippen LogP contribution in [0.3, 0.4) is 0 Å². The van der Waals surface area contributed by atoms with Crippen LogP contribution >= 0.6 is 0 Å². The zero-order chi connectivity index (χ0) is 15.4. The lowest BCUT2D eigenvalue weighted by Crippen LogP contribution is -2.45. The molecule has 1 unspecified atom stereocenters. The average molecular weight is 291 g/mol. The summed E-state index contributed by atoms with van der Waals surface area (Å²) in [7, 11) is 0. The molecule has 1 atom stereocenters. The average Bonchev–Trinajstić information content (AvgIpc) is 2.46. The number of carbonyl (C=O) groups excluding carboxylic acids is 2. The van der Waals surface area contributed by atoms with Gasteiger partial charge in [-0.25, -0.2) is 4.79 Å². The van der Waals surface area contributed by atoms with Gasteiger partial charge < -0.3 is 15.7 Å². The number of likely N-dealkylation sites (tertiary alicyclic amines) is 1. The van der Waals surface area contributed by atoms with Gasteiger partial charge >= 0.3 is 5.97 Å². The first-order valence-corrected chi connectivity index (χ1v) is 6.77.